The number of nitrogens with zero attached hydrogens (tertiary/aromatic N) is 1. The Hall–Kier alpha value is -4.16. The number of halogens is 2. The van der Waals surface area contributed by atoms with E-state index in [-0.39, 0.29) is 34.2 Å². The number of amides is 1. The summed E-state index contributed by atoms with van der Waals surface area (Å²) in [7, 11) is 1.42. The van der Waals surface area contributed by atoms with Gasteiger partial charge in [-0.15, -0.1) is 0 Å². The number of carbonyl (C=O) groups is 2. The van der Waals surface area contributed by atoms with Crippen LogP contribution in [0.25, 0.3) is 16.5 Å². The molecule has 4 aromatic carbocycles. The lowest BCUT2D eigenvalue weighted by atomic mass is 9.91. The van der Waals surface area contributed by atoms with Crippen molar-refractivity contribution >= 4 is 39.8 Å². The van der Waals surface area contributed by atoms with Crippen molar-refractivity contribution in [3.8, 4) is 5.75 Å². The van der Waals surface area contributed by atoms with Crippen LogP contribution in [0.4, 0.5) is 4.39 Å². The lowest BCUT2D eigenvalue weighted by molar-refractivity contribution is -0.140. The van der Waals surface area contributed by atoms with Crippen LogP contribution < -0.4 is 4.74 Å². The highest BCUT2D eigenvalue weighted by molar-refractivity contribution is 6.46. The van der Waals surface area contributed by atoms with Gasteiger partial charge in [0.1, 0.15) is 17.3 Å². The van der Waals surface area contributed by atoms with Crippen LogP contribution in [-0.2, 0) is 16.1 Å². The SMILES string of the molecule is COc1c(Cl)cc(C)cc1/C(O)=C1\C(=O)C(=O)N(Cc2ccc(F)cc2)C1c1cccc2ccccc12. The summed E-state index contributed by atoms with van der Waals surface area (Å²) >= 11 is 6.38. The fraction of sp³-hybridized carbons (Fsp3) is 0.133. The Balaban J connectivity index is 1.77. The van der Waals surface area contributed by atoms with E-state index in [0.717, 1.165) is 16.3 Å². The highest BCUT2D eigenvalue weighted by atomic mass is 35.5. The molecular weight excluding hydrogens is 493 g/mol. The van der Waals surface area contributed by atoms with Gasteiger partial charge in [0.05, 0.1) is 29.3 Å². The van der Waals surface area contributed by atoms with Crippen LogP contribution in [0.15, 0.2) is 84.4 Å². The zero-order valence-corrected chi connectivity index (χ0v) is 20.9. The minimum absolute atomic E-state index is 0.0429. The van der Waals surface area contributed by atoms with Gasteiger partial charge in [-0.05, 0) is 58.7 Å². The van der Waals surface area contributed by atoms with Crippen LogP contribution in [0.2, 0.25) is 5.02 Å². The third-order valence-corrected chi connectivity index (χ3v) is 6.85. The number of carbonyl (C=O) groups excluding carboxylic acids is 2. The number of benzene rings is 4. The molecule has 5 nitrogen and oxygen atoms in total. The number of aliphatic hydroxyl groups is 1. The fourth-order valence-corrected chi connectivity index (χ4v) is 5.25. The first-order valence-corrected chi connectivity index (χ1v) is 12.0. The molecule has 1 saturated heterocycles. The molecule has 1 atom stereocenters. The molecule has 0 aromatic heterocycles. The number of aryl methyl sites for hydroxylation is 1. The molecule has 5 rings (SSSR count). The van der Waals surface area contributed by atoms with Crippen LogP contribution in [-0.4, -0.2) is 28.8 Å². The number of hydrogen-bond acceptors (Lipinski definition) is 4. The molecule has 37 heavy (non-hydrogen) atoms. The van der Waals surface area contributed by atoms with E-state index < -0.39 is 23.5 Å². The number of Topliss-reactive ketones (excluding diaryl/α,β-unsaturated/α-hetero) is 1. The van der Waals surface area contributed by atoms with Crippen molar-refractivity contribution in [1.29, 1.82) is 0 Å². The fourth-order valence-electron chi connectivity index (χ4n) is 4.90. The van der Waals surface area contributed by atoms with Gasteiger partial charge in [-0.1, -0.05) is 66.2 Å². The van der Waals surface area contributed by atoms with E-state index in [1.54, 1.807) is 31.2 Å². The Morgan fingerprint density at radius 2 is 1.73 bits per heavy atom. The summed E-state index contributed by atoms with van der Waals surface area (Å²) in [5.41, 5.74) is 2.22. The lowest BCUT2D eigenvalue weighted by Crippen LogP contribution is -2.29. The number of methoxy groups -OCH3 is 1. The normalized spacial score (nSPS) is 17.0. The number of ketones is 1. The Bertz CT molecular complexity index is 1570. The van der Waals surface area contributed by atoms with Crippen molar-refractivity contribution in [2.45, 2.75) is 19.5 Å². The van der Waals surface area contributed by atoms with Crippen molar-refractivity contribution in [2.75, 3.05) is 7.11 Å². The molecule has 4 aromatic rings. The minimum atomic E-state index is -0.903. The average Bonchev–Trinajstić information content (AvgIpc) is 3.13. The molecule has 0 saturated carbocycles. The Labute approximate surface area is 218 Å². The Morgan fingerprint density at radius 1 is 1.03 bits per heavy atom. The second-order valence-electron chi connectivity index (χ2n) is 8.95. The molecule has 0 bridgehead atoms. The smallest absolute Gasteiger partial charge is 0.295 e. The van der Waals surface area contributed by atoms with Gasteiger partial charge in [0.15, 0.2) is 0 Å². The quantitative estimate of drug-likeness (QED) is 0.185. The number of likely N-dealkylation sites (tertiary alicyclic amines) is 1. The second kappa shape index (κ2) is 9.71. The summed E-state index contributed by atoms with van der Waals surface area (Å²) in [6, 6.07) is 21.4. The van der Waals surface area contributed by atoms with Gasteiger partial charge in [0.2, 0.25) is 0 Å². The first-order valence-electron chi connectivity index (χ1n) is 11.6. The topological polar surface area (TPSA) is 66.8 Å². The van der Waals surface area contributed by atoms with Crippen LogP contribution in [0, 0.1) is 12.7 Å². The molecule has 1 amide bonds. The molecule has 1 aliphatic rings. The molecule has 1 N–H and O–H groups in total. The number of ether oxygens (including phenoxy) is 1. The highest BCUT2D eigenvalue weighted by Gasteiger charge is 2.46. The van der Waals surface area contributed by atoms with Crippen LogP contribution in [0.1, 0.15) is 28.3 Å². The third-order valence-electron chi connectivity index (χ3n) is 6.57. The van der Waals surface area contributed by atoms with Crippen molar-refractivity contribution in [3.63, 3.8) is 0 Å². The number of rotatable bonds is 5. The monoisotopic (exact) mass is 515 g/mol. The summed E-state index contributed by atoms with van der Waals surface area (Å²) in [5.74, 6) is -2.16. The van der Waals surface area contributed by atoms with E-state index in [1.807, 2.05) is 42.5 Å². The summed E-state index contributed by atoms with van der Waals surface area (Å²) in [6.45, 7) is 1.85. The number of hydrogen-bond donors (Lipinski definition) is 1. The Kier molecular flexibility index (Phi) is 6.44. The maximum atomic E-state index is 13.5. The number of fused-ring (bicyclic) bond motifs is 1. The first-order chi connectivity index (χ1) is 17.8. The van der Waals surface area contributed by atoms with Crippen molar-refractivity contribution in [3.05, 3.63) is 118 Å². The van der Waals surface area contributed by atoms with Gasteiger partial charge >= 0.3 is 0 Å². The maximum Gasteiger partial charge on any atom is 0.295 e. The molecule has 0 radical (unpaired) electrons. The van der Waals surface area contributed by atoms with Crippen molar-refractivity contribution < 1.29 is 23.8 Å². The summed E-state index contributed by atoms with van der Waals surface area (Å²) in [4.78, 5) is 28.4. The van der Waals surface area contributed by atoms with E-state index >= 15 is 0 Å². The van der Waals surface area contributed by atoms with Crippen LogP contribution in [0.3, 0.4) is 0 Å². The predicted molar refractivity (Wildman–Crippen MR) is 141 cm³/mol. The van der Waals surface area contributed by atoms with Gasteiger partial charge in [0.25, 0.3) is 11.7 Å². The molecule has 1 fully saturated rings. The zero-order chi connectivity index (χ0) is 26.3. The predicted octanol–water partition coefficient (Wildman–Crippen LogP) is 6.57. The van der Waals surface area contributed by atoms with Gasteiger partial charge < -0.3 is 14.7 Å². The summed E-state index contributed by atoms with van der Waals surface area (Å²) < 4.78 is 19.0. The largest absolute Gasteiger partial charge is 0.507 e. The van der Waals surface area contributed by atoms with E-state index in [2.05, 4.69) is 0 Å². The van der Waals surface area contributed by atoms with Crippen molar-refractivity contribution in [2.24, 2.45) is 0 Å². The minimum Gasteiger partial charge on any atom is -0.507 e. The van der Waals surface area contributed by atoms with Crippen LogP contribution >= 0.6 is 11.6 Å². The van der Waals surface area contributed by atoms with Crippen LogP contribution in [0.5, 0.6) is 5.75 Å². The van der Waals surface area contributed by atoms with E-state index in [4.69, 9.17) is 16.3 Å². The van der Waals surface area contributed by atoms with Gasteiger partial charge in [-0.25, -0.2) is 4.39 Å². The molecule has 1 heterocycles. The maximum absolute atomic E-state index is 13.5. The molecule has 0 spiro atoms. The Morgan fingerprint density at radius 3 is 2.46 bits per heavy atom. The molecule has 1 unspecified atom stereocenters. The molecule has 7 heteroatoms. The number of aliphatic hydroxyl groups excluding tert-OH is 1. The molecule has 186 valence electrons. The lowest BCUT2D eigenvalue weighted by Gasteiger charge is -2.27. The van der Waals surface area contributed by atoms with E-state index in [9.17, 15) is 19.1 Å². The van der Waals surface area contributed by atoms with E-state index in [0.29, 0.717) is 11.1 Å². The zero-order valence-electron chi connectivity index (χ0n) is 20.2. The standard InChI is InChI=1S/C30H23ClFNO4/c1-17-14-23(29(37-2)24(31)15-17)27(34)25-26(22-9-5-7-19-6-3-4-8-21(19)22)33(30(36)28(25)35)16-18-10-12-20(32)13-11-18/h3-15,26,34H,16H2,1-2H3/b27-25+. The first kappa shape index (κ1) is 24.5. The second-order valence-corrected chi connectivity index (χ2v) is 9.36. The average molecular weight is 516 g/mol. The summed E-state index contributed by atoms with van der Waals surface area (Å²) in [6.07, 6.45) is 0. The van der Waals surface area contributed by atoms with Gasteiger partial charge in [0, 0.05) is 6.54 Å². The summed E-state index contributed by atoms with van der Waals surface area (Å²) in [5, 5.41) is 13.6. The van der Waals surface area contributed by atoms with Crippen molar-refractivity contribution in [1.82, 2.24) is 4.90 Å². The molecule has 0 aliphatic carbocycles. The van der Waals surface area contributed by atoms with E-state index in [1.165, 1.54) is 24.1 Å². The van der Waals surface area contributed by atoms with Gasteiger partial charge in [-0.2, -0.15) is 0 Å². The third kappa shape index (κ3) is 4.34. The highest BCUT2D eigenvalue weighted by Crippen LogP contribution is 2.44. The molecule has 1 aliphatic heterocycles. The van der Waals surface area contributed by atoms with Gasteiger partial charge in [-0.3, -0.25) is 9.59 Å². The molecular formula is C30H23ClFNO4.